The number of carboxylic acid groups (broad SMARTS) is 1. The second-order valence-electron chi connectivity index (χ2n) is 6.59. The van der Waals surface area contributed by atoms with Crippen LogP contribution in [-0.4, -0.2) is 40.2 Å². The van der Waals surface area contributed by atoms with Crippen molar-refractivity contribution in [2.24, 2.45) is 11.8 Å². The van der Waals surface area contributed by atoms with Crippen molar-refractivity contribution in [2.75, 3.05) is 13.1 Å². The van der Waals surface area contributed by atoms with Crippen LogP contribution >= 0.6 is 0 Å². The third-order valence-electron chi connectivity index (χ3n) is 4.56. The Morgan fingerprint density at radius 2 is 1.93 bits per heavy atom. The summed E-state index contributed by atoms with van der Waals surface area (Å²) in [6, 6.07) is 11.3. The van der Waals surface area contributed by atoms with Crippen LogP contribution < -0.4 is 4.74 Å². The van der Waals surface area contributed by atoms with E-state index < -0.39 is 24.0 Å². The first-order chi connectivity index (χ1) is 12.8. The summed E-state index contributed by atoms with van der Waals surface area (Å²) in [5.74, 6) is -4.22. The van der Waals surface area contributed by atoms with E-state index in [2.05, 4.69) is 4.98 Å². The first-order valence-electron chi connectivity index (χ1n) is 8.45. The normalized spacial score (nSPS) is 20.6. The molecule has 1 N–H and O–H groups in total. The highest BCUT2D eigenvalue weighted by molar-refractivity contribution is 5.71. The maximum absolute atomic E-state index is 13.1. The molecular formula is C19H19F3N2O3. The van der Waals surface area contributed by atoms with Crippen LogP contribution in [0.25, 0.3) is 0 Å². The van der Waals surface area contributed by atoms with E-state index in [4.69, 9.17) is 9.84 Å². The maximum Gasteiger partial charge on any atom is 0.393 e. The van der Waals surface area contributed by atoms with Crippen molar-refractivity contribution in [3.8, 4) is 5.75 Å². The molecule has 1 aliphatic heterocycles. The number of benzene rings is 1. The van der Waals surface area contributed by atoms with Gasteiger partial charge in [0, 0.05) is 25.8 Å². The standard InChI is InChI=1S/C19H19F3N2O3/c20-19(21,22)17-11-24(10-16(17)18(25)26)9-14-6-15(8-23-7-14)27-12-13-4-2-1-3-5-13/h1-8,16-17H,9-12H2,(H,25,26)/t16-,17-/m1/s1. The van der Waals surface area contributed by atoms with Gasteiger partial charge >= 0.3 is 12.1 Å². The highest BCUT2D eigenvalue weighted by Crippen LogP contribution is 2.38. The van der Waals surface area contributed by atoms with Gasteiger partial charge in [-0.2, -0.15) is 13.2 Å². The zero-order valence-corrected chi connectivity index (χ0v) is 14.4. The van der Waals surface area contributed by atoms with E-state index in [-0.39, 0.29) is 19.6 Å². The third-order valence-corrected chi connectivity index (χ3v) is 4.56. The number of alkyl halides is 3. The van der Waals surface area contributed by atoms with Crippen LogP contribution in [0.2, 0.25) is 0 Å². The molecule has 0 amide bonds. The summed E-state index contributed by atoms with van der Waals surface area (Å²) in [4.78, 5) is 16.7. The fourth-order valence-electron chi connectivity index (χ4n) is 3.22. The number of pyridine rings is 1. The summed E-state index contributed by atoms with van der Waals surface area (Å²) in [5.41, 5.74) is 1.66. The molecule has 0 radical (unpaired) electrons. The fraction of sp³-hybridized carbons (Fsp3) is 0.368. The van der Waals surface area contributed by atoms with Gasteiger partial charge in [0.25, 0.3) is 0 Å². The lowest BCUT2D eigenvalue weighted by Gasteiger charge is -2.18. The van der Waals surface area contributed by atoms with Crippen molar-refractivity contribution >= 4 is 5.97 Å². The van der Waals surface area contributed by atoms with Gasteiger partial charge in [-0.25, -0.2) is 0 Å². The number of hydrogen-bond donors (Lipinski definition) is 1. The first kappa shape index (κ1) is 19.2. The molecule has 1 aromatic carbocycles. The quantitative estimate of drug-likeness (QED) is 0.833. The lowest BCUT2D eigenvalue weighted by Crippen LogP contribution is -2.33. The van der Waals surface area contributed by atoms with E-state index in [1.165, 1.54) is 11.1 Å². The van der Waals surface area contributed by atoms with Gasteiger partial charge in [0.15, 0.2) is 0 Å². The molecule has 2 atom stereocenters. The molecule has 1 saturated heterocycles. The second-order valence-corrected chi connectivity index (χ2v) is 6.59. The number of ether oxygens (including phenoxy) is 1. The highest BCUT2D eigenvalue weighted by Gasteiger charge is 2.52. The van der Waals surface area contributed by atoms with Crippen molar-refractivity contribution in [3.05, 3.63) is 59.9 Å². The van der Waals surface area contributed by atoms with E-state index in [0.29, 0.717) is 17.9 Å². The zero-order valence-electron chi connectivity index (χ0n) is 14.4. The number of likely N-dealkylation sites (tertiary alicyclic amines) is 1. The Bertz CT molecular complexity index is 783. The topological polar surface area (TPSA) is 62.7 Å². The van der Waals surface area contributed by atoms with Crippen LogP contribution in [0.15, 0.2) is 48.8 Å². The predicted molar refractivity (Wildman–Crippen MR) is 91.0 cm³/mol. The molecule has 8 heteroatoms. The van der Waals surface area contributed by atoms with Crippen LogP contribution in [0.4, 0.5) is 13.2 Å². The number of hydrogen-bond acceptors (Lipinski definition) is 4. The van der Waals surface area contributed by atoms with E-state index >= 15 is 0 Å². The molecule has 5 nitrogen and oxygen atoms in total. The van der Waals surface area contributed by atoms with Crippen LogP contribution in [0.1, 0.15) is 11.1 Å². The minimum Gasteiger partial charge on any atom is -0.487 e. The van der Waals surface area contributed by atoms with E-state index in [1.54, 1.807) is 12.3 Å². The molecular weight excluding hydrogens is 361 g/mol. The van der Waals surface area contributed by atoms with Crippen molar-refractivity contribution in [1.29, 1.82) is 0 Å². The molecule has 27 heavy (non-hydrogen) atoms. The molecule has 2 heterocycles. The molecule has 1 aliphatic rings. The molecule has 0 spiro atoms. The van der Waals surface area contributed by atoms with E-state index in [9.17, 15) is 18.0 Å². The summed E-state index contributed by atoms with van der Waals surface area (Å²) in [6.07, 6.45) is -1.45. The fourth-order valence-corrected chi connectivity index (χ4v) is 3.22. The lowest BCUT2D eigenvalue weighted by atomic mass is 9.96. The van der Waals surface area contributed by atoms with Gasteiger partial charge in [0.05, 0.1) is 18.0 Å². The summed E-state index contributed by atoms with van der Waals surface area (Å²) in [5, 5.41) is 9.09. The Labute approximate surface area is 154 Å². The van der Waals surface area contributed by atoms with Crippen molar-refractivity contribution in [2.45, 2.75) is 19.3 Å². The summed E-state index contributed by atoms with van der Waals surface area (Å²) in [6.45, 7) is 0.0585. The van der Waals surface area contributed by atoms with Gasteiger partial charge in [0.2, 0.25) is 0 Å². The number of carbonyl (C=O) groups is 1. The van der Waals surface area contributed by atoms with Gasteiger partial charge in [-0.1, -0.05) is 30.3 Å². The monoisotopic (exact) mass is 380 g/mol. The van der Waals surface area contributed by atoms with Crippen molar-refractivity contribution in [1.82, 2.24) is 9.88 Å². The molecule has 0 bridgehead atoms. The molecule has 2 aromatic rings. The number of rotatable bonds is 6. The van der Waals surface area contributed by atoms with Crippen molar-refractivity contribution < 1.29 is 27.8 Å². The van der Waals surface area contributed by atoms with Gasteiger partial charge in [-0.05, 0) is 17.2 Å². The van der Waals surface area contributed by atoms with Gasteiger partial charge in [-0.15, -0.1) is 0 Å². The predicted octanol–water partition coefficient (Wildman–Crippen LogP) is 3.36. The molecule has 0 saturated carbocycles. The SMILES string of the molecule is O=C(O)[C@@H]1CN(Cc2cncc(OCc3ccccc3)c2)C[C@H]1C(F)(F)F. The average Bonchev–Trinajstić information content (AvgIpc) is 3.06. The van der Waals surface area contributed by atoms with Crippen LogP contribution in [0.5, 0.6) is 5.75 Å². The highest BCUT2D eigenvalue weighted by atomic mass is 19.4. The zero-order chi connectivity index (χ0) is 19.4. The first-order valence-corrected chi connectivity index (χ1v) is 8.45. The summed E-state index contributed by atoms with van der Waals surface area (Å²) in [7, 11) is 0. The molecule has 0 aliphatic carbocycles. The average molecular weight is 380 g/mol. The molecule has 0 unspecified atom stereocenters. The molecule has 1 fully saturated rings. The van der Waals surface area contributed by atoms with E-state index in [0.717, 1.165) is 5.56 Å². The van der Waals surface area contributed by atoms with Crippen molar-refractivity contribution in [3.63, 3.8) is 0 Å². The van der Waals surface area contributed by atoms with Crippen LogP contribution in [0.3, 0.4) is 0 Å². The maximum atomic E-state index is 13.1. The summed E-state index contributed by atoms with van der Waals surface area (Å²) >= 11 is 0. The second kappa shape index (κ2) is 7.96. The number of carboxylic acids is 1. The largest absolute Gasteiger partial charge is 0.487 e. The Kier molecular flexibility index (Phi) is 5.65. The van der Waals surface area contributed by atoms with Crippen LogP contribution in [0, 0.1) is 11.8 Å². The van der Waals surface area contributed by atoms with Gasteiger partial charge in [-0.3, -0.25) is 14.7 Å². The smallest absolute Gasteiger partial charge is 0.393 e. The number of halogens is 3. The lowest BCUT2D eigenvalue weighted by molar-refractivity contribution is -0.188. The number of nitrogens with zero attached hydrogens (tertiary/aromatic N) is 2. The van der Waals surface area contributed by atoms with E-state index in [1.807, 2.05) is 30.3 Å². The van der Waals surface area contributed by atoms with Gasteiger partial charge < -0.3 is 9.84 Å². The number of aliphatic carboxylic acids is 1. The Hall–Kier alpha value is -2.61. The number of aromatic nitrogens is 1. The minimum absolute atomic E-state index is 0.144. The minimum atomic E-state index is -4.53. The summed E-state index contributed by atoms with van der Waals surface area (Å²) < 4.78 is 44.9. The Morgan fingerprint density at radius 1 is 1.19 bits per heavy atom. The molecule has 3 rings (SSSR count). The van der Waals surface area contributed by atoms with Gasteiger partial charge in [0.1, 0.15) is 12.4 Å². The van der Waals surface area contributed by atoms with Crippen LogP contribution in [-0.2, 0) is 17.9 Å². The Balaban J connectivity index is 1.63. The molecule has 1 aromatic heterocycles. The third kappa shape index (κ3) is 4.97. The Morgan fingerprint density at radius 3 is 2.56 bits per heavy atom. The molecule has 144 valence electrons.